The lowest BCUT2D eigenvalue weighted by Gasteiger charge is -2.17. The SMILES string of the molecule is Cn1c(SCCCN2CCC3(CC3c3ccccc3C(F)(F)F)C2)nnc1-c1ccc(=O)[nH]c1. The molecule has 2 fully saturated rings. The minimum absolute atomic E-state index is 0.00362. The number of H-pyrrole nitrogens is 1. The van der Waals surface area contributed by atoms with E-state index >= 15 is 0 Å². The number of hydrogen-bond donors (Lipinski definition) is 1. The van der Waals surface area contributed by atoms with Gasteiger partial charge in [-0.25, -0.2) is 0 Å². The molecule has 2 aliphatic rings. The van der Waals surface area contributed by atoms with Gasteiger partial charge in [0.2, 0.25) is 5.56 Å². The highest BCUT2D eigenvalue weighted by Crippen LogP contribution is 2.65. The molecule has 2 aromatic heterocycles. The van der Waals surface area contributed by atoms with E-state index in [2.05, 4.69) is 20.1 Å². The number of thioether (sulfide) groups is 1. The number of nitrogens with zero attached hydrogens (tertiary/aromatic N) is 4. The van der Waals surface area contributed by atoms with Crippen molar-refractivity contribution in [3.63, 3.8) is 0 Å². The first-order valence-electron chi connectivity index (χ1n) is 11.4. The molecule has 1 aliphatic heterocycles. The third kappa shape index (κ3) is 4.53. The molecule has 3 heterocycles. The van der Waals surface area contributed by atoms with E-state index in [1.807, 2.05) is 11.6 Å². The van der Waals surface area contributed by atoms with Crippen molar-refractivity contribution in [2.45, 2.75) is 36.5 Å². The van der Waals surface area contributed by atoms with Crippen LogP contribution in [0.15, 0.2) is 52.5 Å². The molecule has 2 atom stereocenters. The van der Waals surface area contributed by atoms with Gasteiger partial charge in [0.15, 0.2) is 11.0 Å². The summed E-state index contributed by atoms with van der Waals surface area (Å²) in [5.41, 5.74) is 0.634. The zero-order valence-electron chi connectivity index (χ0n) is 18.8. The minimum atomic E-state index is -4.30. The minimum Gasteiger partial charge on any atom is -0.328 e. The van der Waals surface area contributed by atoms with E-state index in [0.29, 0.717) is 11.4 Å². The smallest absolute Gasteiger partial charge is 0.328 e. The molecule has 0 radical (unpaired) electrons. The van der Waals surface area contributed by atoms with Crippen molar-refractivity contribution in [1.82, 2.24) is 24.6 Å². The van der Waals surface area contributed by atoms with Gasteiger partial charge in [0.05, 0.1) is 5.56 Å². The number of halogens is 3. The monoisotopic (exact) mass is 489 g/mol. The summed E-state index contributed by atoms with van der Waals surface area (Å²) in [5, 5.41) is 9.32. The van der Waals surface area contributed by atoms with Crippen molar-refractivity contribution in [3.8, 4) is 11.4 Å². The highest BCUT2D eigenvalue weighted by atomic mass is 32.2. The molecule has 1 aromatic carbocycles. The summed E-state index contributed by atoms with van der Waals surface area (Å²) >= 11 is 1.63. The predicted molar refractivity (Wildman–Crippen MR) is 125 cm³/mol. The van der Waals surface area contributed by atoms with Crippen molar-refractivity contribution in [2.24, 2.45) is 12.5 Å². The Bertz CT molecular complexity index is 1220. The van der Waals surface area contributed by atoms with E-state index in [-0.39, 0.29) is 16.9 Å². The lowest BCUT2D eigenvalue weighted by Crippen LogP contribution is -2.23. The number of hydrogen-bond acceptors (Lipinski definition) is 5. The Morgan fingerprint density at radius 2 is 2.03 bits per heavy atom. The van der Waals surface area contributed by atoms with Crippen LogP contribution in [-0.2, 0) is 13.2 Å². The van der Waals surface area contributed by atoms with Crippen molar-refractivity contribution in [1.29, 1.82) is 0 Å². The van der Waals surface area contributed by atoms with E-state index < -0.39 is 11.7 Å². The number of aromatic nitrogens is 4. The number of aromatic amines is 1. The van der Waals surface area contributed by atoms with Crippen LogP contribution in [0.3, 0.4) is 0 Å². The van der Waals surface area contributed by atoms with E-state index in [9.17, 15) is 18.0 Å². The van der Waals surface area contributed by atoms with Crippen LogP contribution in [0.5, 0.6) is 0 Å². The first-order valence-corrected chi connectivity index (χ1v) is 12.4. The van der Waals surface area contributed by atoms with Gasteiger partial charge in [0, 0.05) is 37.2 Å². The molecule has 10 heteroatoms. The van der Waals surface area contributed by atoms with Gasteiger partial charge in [-0.3, -0.25) is 4.79 Å². The van der Waals surface area contributed by atoms with Gasteiger partial charge in [-0.2, -0.15) is 13.2 Å². The van der Waals surface area contributed by atoms with E-state index in [1.165, 1.54) is 18.2 Å². The zero-order valence-corrected chi connectivity index (χ0v) is 19.6. The zero-order chi connectivity index (χ0) is 23.9. The van der Waals surface area contributed by atoms with Crippen LogP contribution >= 0.6 is 11.8 Å². The number of pyridine rings is 1. The molecule has 3 aromatic rings. The average Bonchev–Trinajstić information content (AvgIpc) is 3.15. The number of benzene rings is 1. The molecule has 1 saturated heterocycles. The Morgan fingerprint density at radius 1 is 1.21 bits per heavy atom. The van der Waals surface area contributed by atoms with Gasteiger partial charge >= 0.3 is 6.18 Å². The largest absolute Gasteiger partial charge is 0.416 e. The Hall–Kier alpha value is -2.59. The van der Waals surface area contributed by atoms with Crippen molar-refractivity contribution in [3.05, 3.63) is 64.1 Å². The van der Waals surface area contributed by atoms with Gasteiger partial charge in [-0.15, -0.1) is 10.2 Å². The molecule has 1 saturated carbocycles. The van der Waals surface area contributed by atoms with Gasteiger partial charge in [-0.1, -0.05) is 30.0 Å². The maximum absolute atomic E-state index is 13.4. The molecule has 0 bridgehead atoms. The Balaban J connectivity index is 1.12. The molecular formula is C24H26F3N5OS. The molecule has 1 N–H and O–H groups in total. The lowest BCUT2D eigenvalue weighted by atomic mass is 9.95. The average molecular weight is 490 g/mol. The molecule has 6 nitrogen and oxygen atoms in total. The Labute approximate surface area is 199 Å². The first kappa shape index (κ1) is 23.2. The van der Waals surface area contributed by atoms with E-state index in [1.54, 1.807) is 36.2 Å². The summed E-state index contributed by atoms with van der Waals surface area (Å²) in [6.07, 6.45) is 0.0988. The summed E-state index contributed by atoms with van der Waals surface area (Å²) in [6, 6.07) is 9.24. The molecule has 1 aliphatic carbocycles. The first-order chi connectivity index (χ1) is 16.3. The predicted octanol–water partition coefficient (Wildman–Crippen LogP) is 4.55. The summed E-state index contributed by atoms with van der Waals surface area (Å²) in [5.74, 6) is 1.58. The molecule has 34 heavy (non-hydrogen) atoms. The van der Waals surface area contributed by atoms with Gasteiger partial charge < -0.3 is 14.5 Å². The lowest BCUT2D eigenvalue weighted by molar-refractivity contribution is -0.138. The topological polar surface area (TPSA) is 66.8 Å². The molecule has 5 rings (SSSR count). The van der Waals surface area contributed by atoms with Crippen LogP contribution < -0.4 is 5.56 Å². The van der Waals surface area contributed by atoms with E-state index in [0.717, 1.165) is 55.4 Å². The summed E-state index contributed by atoms with van der Waals surface area (Å²) in [6.45, 7) is 2.73. The van der Waals surface area contributed by atoms with Crippen molar-refractivity contribution < 1.29 is 13.2 Å². The van der Waals surface area contributed by atoms with Gasteiger partial charge in [-0.05, 0) is 61.4 Å². The fraction of sp³-hybridized carbons (Fsp3) is 0.458. The second-order valence-electron chi connectivity index (χ2n) is 9.24. The fourth-order valence-electron chi connectivity index (χ4n) is 5.17. The van der Waals surface area contributed by atoms with Crippen LogP contribution in [0.4, 0.5) is 13.2 Å². The highest BCUT2D eigenvalue weighted by Gasteiger charge is 2.59. The second kappa shape index (κ2) is 8.88. The van der Waals surface area contributed by atoms with Crippen LogP contribution in [0.25, 0.3) is 11.4 Å². The number of likely N-dealkylation sites (tertiary alicyclic amines) is 1. The number of nitrogens with one attached hydrogen (secondary N) is 1. The molecule has 2 unspecified atom stereocenters. The second-order valence-corrected chi connectivity index (χ2v) is 10.3. The molecule has 0 amide bonds. The third-order valence-electron chi connectivity index (χ3n) is 7.02. The normalized spacial score (nSPS) is 22.5. The van der Waals surface area contributed by atoms with Crippen molar-refractivity contribution in [2.75, 3.05) is 25.4 Å². The van der Waals surface area contributed by atoms with Crippen LogP contribution in [0.2, 0.25) is 0 Å². The maximum Gasteiger partial charge on any atom is 0.416 e. The Kier molecular flexibility index (Phi) is 6.05. The summed E-state index contributed by atoms with van der Waals surface area (Å²) in [4.78, 5) is 16.3. The number of alkyl halides is 3. The standard InChI is InChI=1S/C24H26F3N5OS/c1-31-21(16-7-8-20(33)28-14-16)29-30-22(31)34-12-4-10-32-11-9-23(15-32)13-19(23)17-5-2-3-6-18(17)24(25,26)27/h2-3,5-8,14,19H,4,9-13,15H2,1H3,(H,28,33). The number of rotatable bonds is 7. The Morgan fingerprint density at radius 3 is 2.79 bits per heavy atom. The quantitative estimate of drug-likeness (QED) is 0.390. The van der Waals surface area contributed by atoms with Gasteiger partial charge in [0.25, 0.3) is 0 Å². The maximum atomic E-state index is 13.4. The van der Waals surface area contributed by atoms with E-state index in [4.69, 9.17) is 0 Å². The van der Waals surface area contributed by atoms with Crippen molar-refractivity contribution >= 4 is 11.8 Å². The third-order valence-corrected chi connectivity index (χ3v) is 8.13. The molecule has 180 valence electrons. The highest BCUT2D eigenvalue weighted by molar-refractivity contribution is 7.99. The summed E-state index contributed by atoms with van der Waals surface area (Å²) < 4.78 is 42.2. The molecular weight excluding hydrogens is 463 g/mol. The summed E-state index contributed by atoms with van der Waals surface area (Å²) in [7, 11) is 1.90. The van der Waals surface area contributed by atoms with Gasteiger partial charge in [0.1, 0.15) is 0 Å². The van der Waals surface area contributed by atoms with Crippen LogP contribution in [0, 0.1) is 5.41 Å². The fourth-order valence-corrected chi connectivity index (χ4v) is 6.00. The van der Waals surface area contributed by atoms with Crippen LogP contribution in [-0.4, -0.2) is 50.0 Å². The molecule has 1 spiro atoms. The van der Waals surface area contributed by atoms with Crippen LogP contribution in [0.1, 0.15) is 36.3 Å².